The van der Waals surface area contributed by atoms with Crippen molar-refractivity contribution < 1.29 is 17.9 Å². The van der Waals surface area contributed by atoms with E-state index in [9.17, 15) is 13.2 Å². The van der Waals surface area contributed by atoms with Crippen molar-refractivity contribution in [1.29, 1.82) is 0 Å². The maximum Gasteiger partial charge on any atom is 0.573 e. The van der Waals surface area contributed by atoms with Crippen LogP contribution in [0.25, 0.3) is 0 Å². The smallest absolute Gasteiger partial charge is 0.404 e. The van der Waals surface area contributed by atoms with Gasteiger partial charge in [0.15, 0.2) is 0 Å². The summed E-state index contributed by atoms with van der Waals surface area (Å²) in [5.41, 5.74) is 0.0438. The number of hydrogen-bond acceptors (Lipinski definition) is 2. The van der Waals surface area contributed by atoms with E-state index in [1.54, 1.807) is 0 Å². The van der Waals surface area contributed by atoms with Crippen molar-refractivity contribution in [3.8, 4) is 0 Å². The molecule has 68 valence electrons. The predicted octanol–water partition coefficient (Wildman–Crippen LogP) is 2.64. The van der Waals surface area contributed by atoms with Gasteiger partial charge in [-0.05, 0) is 6.92 Å². The highest BCUT2D eigenvalue weighted by Gasteiger charge is 2.32. The number of rotatable bonds is 3. The lowest BCUT2D eigenvalue weighted by molar-refractivity contribution is -0.301. The molecule has 0 saturated heterocycles. The lowest BCUT2D eigenvalue weighted by Gasteiger charge is -2.09. The Morgan fingerprint density at radius 2 is 2.00 bits per heavy atom. The molecule has 5 heteroatoms. The van der Waals surface area contributed by atoms with E-state index in [1.807, 2.05) is 0 Å². The summed E-state index contributed by atoms with van der Waals surface area (Å²) in [6, 6.07) is 0. The van der Waals surface area contributed by atoms with Crippen molar-refractivity contribution in [2.45, 2.75) is 13.3 Å². The van der Waals surface area contributed by atoms with Crippen LogP contribution in [-0.4, -0.2) is 12.1 Å². The average molecular weight is 179 g/mol. The van der Waals surface area contributed by atoms with Gasteiger partial charge in [-0.3, -0.25) is 4.99 Å². The first kappa shape index (κ1) is 10.7. The molecule has 0 aromatic rings. The highest BCUT2D eigenvalue weighted by atomic mass is 19.4. The van der Waals surface area contributed by atoms with Gasteiger partial charge >= 0.3 is 6.36 Å². The van der Waals surface area contributed by atoms with Gasteiger partial charge in [-0.2, -0.15) is 0 Å². The van der Waals surface area contributed by atoms with E-state index < -0.39 is 12.1 Å². The van der Waals surface area contributed by atoms with E-state index in [-0.39, 0.29) is 5.71 Å². The Balaban J connectivity index is 4.24. The van der Waals surface area contributed by atoms with Gasteiger partial charge in [0.2, 0.25) is 0 Å². The van der Waals surface area contributed by atoms with Gasteiger partial charge in [-0.1, -0.05) is 13.2 Å². The van der Waals surface area contributed by atoms with Crippen molar-refractivity contribution in [2.24, 2.45) is 4.99 Å². The molecule has 0 fully saturated rings. The summed E-state index contributed by atoms with van der Waals surface area (Å²) in [5.74, 6) is -0.526. The summed E-state index contributed by atoms with van der Waals surface area (Å²) in [7, 11) is 0. The van der Waals surface area contributed by atoms with Gasteiger partial charge in [0.1, 0.15) is 5.76 Å². The monoisotopic (exact) mass is 179 g/mol. The van der Waals surface area contributed by atoms with Crippen LogP contribution in [0.3, 0.4) is 0 Å². The minimum absolute atomic E-state index is 0.0438. The standard InChI is InChI=1S/C7H8F3NO/c1-4-11-5(2)6(3)12-7(8,9)10/h4H,1,3H2,2H3. The summed E-state index contributed by atoms with van der Waals surface area (Å²) in [4.78, 5) is 3.46. The number of alkyl halides is 3. The van der Waals surface area contributed by atoms with Crippen molar-refractivity contribution in [1.82, 2.24) is 0 Å². The van der Waals surface area contributed by atoms with Crippen molar-refractivity contribution in [2.75, 3.05) is 0 Å². The van der Waals surface area contributed by atoms with Crippen molar-refractivity contribution in [3.05, 3.63) is 25.1 Å². The van der Waals surface area contributed by atoms with Gasteiger partial charge in [0.05, 0.1) is 5.71 Å². The van der Waals surface area contributed by atoms with Crippen LogP contribution in [0.5, 0.6) is 0 Å². The summed E-state index contributed by atoms with van der Waals surface area (Å²) >= 11 is 0. The molecule has 0 aliphatic heterocycles. The van der Waals surface area contributed by atoms with Gasteiger partial charge in [0.25, 0.3) is 0 Å². The van der Waals surface area contributed by atoms with Crippen LogP contribution in [0.1, 0.15) is 6.92 Å². The van der Waals surface area contributed by atoms with Crippen molar-refractivity contribution in [3.63, 3.8) is 0 Å². The van der Waals surface area contributed by atoms with E-state index in [0.29, 0.717) is 0 Å². The molecule has 0 spiro atoms. The molecule has 0 aromatic heterocycles. The zero-order valence-corrected chi connectivity index (χ0v) is 6.48. The normalized spacial score (nSPS) is 12.5. The fraction of sp³-hybridized carbons (Fsp3) is 0.286. The fourth-order valence-electron chi connectivity index (χ4n) is 0.422. The first-order valence-corrected chi connectivity index (χ1v) is 2.97. The average Bonchev–Trinajstić information content (AvgIpc) is 1.84. The van der Waals surface area contributed by atoms with Crippen LogP contribution in [0, 0.1) is 0 Å². The predicted molar refractivity (Wildman–Crippen MR) is 39.6 cm³/mol. The second-order valence-corrected chi connectivity index (χ2v) is 1.87. The van der Waals surface area contributed by atoms with Crippen LogP contribution in [0.2, 0.25) is 0 Å². The van der Waals surface area contributed by atoms with Crippen LogP contribution in [0.15, 0.2) is 30.1 Å². The lowest BCUT2D eigenvalue weighted by atomic mass is 10.4. The van der Waals surface area contributed by atoms with E-state index in [2.05, 4.69) is 22.9 Å². The molecule has 0 aliphatic carbocycles. The Kier molecular flexibility index (Phi) is 3.53. The van der Waals surface area contributed by atoms with Gasteiger partial charge < -0.3 is 4.74 Å². The van der Waals surface area contributed by atoms with E-state index in [4.69, 9.17) is 0 Å². The highest BCUT2D eigenvalue weighted by Crippen LogP contribution is 2.20. The maximum absolute atomic E-state index is 11.5. The molecule has 0 radical (unpaired) electrons. The minimum atomic E-state index is -4.71. The third-order valence-corrected chi connectivity index (χ3v) is 0.927. The summed E-state index contributed by atoms with van der Waals surface area (Å²) in [6.45, 7) is 7.59. The van der Waals surface area contributed by atoms with Crippen LogP contribution in [-0.2, 0) is 4.74 Å². The molecule has 0 N–H and O–H groups in total. The molecule has 0 atom stereocenters. The van der Waals surface area contributed by atoms with Crippen molar-refractivity contribution >= 4 is 5.71 Å². The molecule has 0 saturated carbocycles. The number of ether oxygens (including phenoxy) is 1. The van der Waals surface area contributed by atoms with E-state index in [0.717, 1.165) is 6.20 Å². The third-order valence-electron chi connectivity index (χ3n) is 0.927. The van der Waals surface area contributed by atoms with Crippen LogP contribution >= 0.6 is 0 Å². The van der Waals surface area contributed by atoms with E-state index in [1.165, 1.54) is 6.92 Å². The second-order valence-electron chi connectivity index (χ2n) is 1.87. The van der Waals surface area contributed by atoms with Crippen LogP contribution < -0.4 is 0 Å². The van der Waals surface area contributed by atoms with Gasteiger partial charge in [-0.15, -0.1) is 13.2 Å². The molecule has 2 nitrogen and oxygen atoms in total. The largest absolute Gasteiger partial charge is 0.573 e. The van der Waals surface area contributed by atoms with E-state index >= 15 is 0 Å². The zero-order valence-electron chi connectivity index (χ0n) is 6.48. The fourth-order valence-corrected chi connectivity index (χ4v) is 0.422. The Morgan fingerprint density at radius 1 is 1.50 bits per heavy atom. The Morgan fingerprint density at radius 3 is 2.33 bits per heavy atom. The molecule has 0 aliphatic rings. The second kappa shape index (κ2) is 3.94. The number of allylic oxidation sites excluding steroid dienone is 1. The summed E-state index contributed by atoms with van der Waals surface area (Å²) in [5, 5.41) is 0. The third kappa shape index (κ3) is 4.54. The first-order valence-electron chi connectivity index (χ1n) is 2.97. The molecule has 0 aromatic carbocycles. The highest BCUT2D eigenvalue weighted by molar-refractivity contribution is 5.96. The number of halogens is 3. The molecule has 0 heterocycles. The topological polar surface area (TPSA) is 21.6 Å². The van der Waals surface area contributed by atoms with Gasteiger partial charge in [0, 0.05) is 6.20 Å². The summed E-state index contributed by atoms with van der Waals surface area (Å²) < 4.78 is 38.1. The number of nitrogens with zero attached hydrogens (tertiary/aromatic N) is 1. The molecule has 0 unspecified atom stereocenters. The molecule has 12 heavy (non-hydrogen) atoms. The maximum atomic E-state index is 11.5. The first-order chi connectivity index (χ1) is 5.37. The number of aliphatic imine (C=N–C) groups is 1. The SMILES string of the molecule is C=CN=C(C)C(=C)OC(F)(F)F. The Hall–Kier alpha value is -1.26. The molecular formula is C7H8F3NO. The Labute approximate surface area is 68.1 Å². The minimum Gasteiger partial charge on any atom is -0.404 e. The molecule has 0 bridgehead atoms. The van der Waals surface area contributed by atoms with Crippen LogP contribution in [0.4, 0.5) is 13.2 Å². The molecular weight excluding hydrogens is 171 g/mol. The molecule has 0 rings (SSSR count). The number of hydrogen-bond donors (Lipinski definition) is 0. The van der Waals surface area contributed by atoms with Gasteiger partial charge in [-0.25, -0.2) is 0 Å². The lowest BCUT2D eigenvalue weighted by Crippen LogP contribution is -2.15. The quantitative estimate of drug-likeness (QED) is 0.482. The zero-order chi connectivity index (χ0) is 9.78. The summed E-state index contributed by atoms with van der Waals surface area (Å²) in [6.07, 6.45) is -3.60. The molecule has 0 amide bonds. The Bertz CT molecular complexity index is 217.